The van der Waals surface area contributed by atoms with Crippen LogP contribution >= 0.6 is 0 Å². The quantitative estimate of drug-likeness (QED) is 0.908. The summed E-state index contributed by atoms with van der Waals surface area (Å²) in [5, 5.41) is 7.10. The van der Waals surface area contributed by atoms with Gasteiger partial charge in [0.15, 0.2) is 5.76 Å². The van der Waals surface area contributed by atoms with E-state index >= 15 is 0 Å². The molecular weight excluding hydrogens is 322 g/mol. The maximum absolute atomic E-state index is 12.7. The third-order valence-electron chi connectivity index (χ3n) is 4.32. The van der Waals surface area contributed by atoms with Crippen molar-refractivity contribution in [3.05, 3.63) is 35.3 Å². The zero-order valence-corrected chi connectivity index (χ0v) is 14.8. The lowest BCUT2D eigenvalue weighted by atomic mass is 10.1. The lowest BCUT2D eigenvalue weighted by Gasteiger charge is -2.32. The molecule has 1 fully saturated rings. The van der Waals surface area contributed by atoms with E-state index in [1.165, 1.54) is 6.92 Å². The monoisotopic (exact) mass is 345 g/mol. The SMILES string of the molecule is CC(=O)NCc1ccc(C(=O)N2CCC[C@H](n3nc(C)nc3C)C2)o1. The molecule has 8 nitrogen and oxygen atoms in total. The molecule has 1 aliphatic heterocycles. The highest BCUT2D eigenvalue weighted by Gasteiger charge is 2.28. The molecule has 0 aliphatic carbocycles. The Balaban J connectivity index is 1.68. The molecule has 1 atom stereocenters. The molecule has 1 aliphatic rings. The number of furan rings is 1. The van der Waals surface area contributed by atoms with Crippen molar-refractivity contribution in [3.63, 3.8) is 0 Å². The summed E-state index contributed by atoms with van der Waals surface area (Å²) in [6.45, 7) is 6.81. The Bertz CT molecular complexity index is 779. The average molecular weight is 345 g/mol. The second kappa shape index (κ2) is 7.08. The summed E-state index contributed by atoms with van der Waals surface area (Å²) >= 11 is 0. The normalized spacial score (nSPS) is 17.6. The zero-order valence-electron chi connectivity index (χ0n) is 14.8. The summed E-state index contributed by atoms with van der Waals surface area (Å²) in [4.78, 5) is 29.8. The standard InChI is InChI=1S/C17H23N5O3/c1-11-19-12(2)22(20-11)14-5-4-8-21(10-14)17(24)16-7-6-15(25-16)9-18-13(3)23/h6-7,14H,4-5,8-10H2,1-3H3,(H,18,23)/t14-/m0/s1. The number of carbonyl (C=O) groups excluding carboxylic acids is 2. The molecule has 134 valence electrons. The first-order valence-corrected chi connectivity index (χ1v) is 8.46. The van der Waals surface area contributed by atoms with Gasteiger partial charge in [-0.05, 0) is 38.8 Å². The van der Waals surface area contributed by atoms with Crippen LogP contribution < -0.4 is 5.32 Å². The van der Waals surface area contributed by atoms with E-state index in [1.54, 1.807) is 17.0 Å². The molecule has 0 spiro atoms. The van der Waals surface area contributed by atoms with E-state index < -0.39 is 0 Å². The Morgan fingerprint density at radius 3 is 2.84 bits per heavy atom. The van der Waals surface area contributed by atoms with Crippen LogP contribution in [-0.4, -0.2) is 44.6 Å². The molecule has 0 bridgehead atoms. The van der Waals surface area contributed by atoms with Crippen molar-refractivity contribution in [2.24, 2.45) is 0 Å². The number of aryl methyl sites for hydroxylation is 2. The van der Waals surface area contributed by atoms with E-state index in [9.17, 15) is 9.59 Å². The summed E-state index contributed by atoms with van der Waals surface area (Å²) in [7, 11) is 0. The van der Waals surface area contributed by atoms with E-state index in [4.69, 9.17) is 4.42 Å². The van der Waals surface area contributed by atoms with E-state index in [1.807, 2.05) is 18.5 Å². The lowest BCUT2D eigenvalue weighted by molar-refractivity contribution is -0.119. The van der Waals surface area contributed by atoms with Gasteiger partial charge in [0.1, 0.15) is 17.4 Å². The average Bonchev–Trinajstić information content (AvgIpc) is 3.18. The number of rotatable bonds is 4. The fourth-order valence-electron chi connectivity index (χ4n) is 3.18. The van der Waals surface area contributed by atoms with Gasteiger partial charge in [0, 0.05) is 20.0 Å². The van der Waals surface area contributed by atoms with Crippen LogP contribution in [0, 0.1) is 13.8 Å². The number of piperidine rings is 1. The highest BCUT2D eigenvalue weighted by molar-refractivity contribution is 5.91. The highest BCUT2D eigenvalue weighted by atomic mass is 16.4. The Morgan fingerprint density at radius 2 is 2.16 bits per heavy atom. The van der Waals surface area contributed by atoms with Gasteiger partial charge in [-0.15, -0.1) is 0 Å². The maximum Gasteiger partial charge on any atom is 0.289 e. The van der Waals surface area contributed by atoms with Crippen LogP contribution in [0.3, 0.4) is 0 Å². The first-order valence-electron chi connectivity index (χ1n) is 8.46. The predicted octanol–water partition coefficient (Wildman–Crippen LogP) is 1.60. The zero-order chi connectivity index (χ0) is 18.0. The minimum Gasteiger partial charge on any atom is -0.454 e. The topological polar surface area (TPSA) is 93.3 Å². The minimum atomic E-state index is -0.137. The van der Waals surface area contributed by atoms with Gasteiger partial charge < -0.3 is 14.6 Å². The summed E-state index contributed by atoms with van der Waals surface area (Å²) in [6, 6.07) is 3.51. The molecule has 1 saturated heterocycles. The van der Waals surface area contributed by atoms with Crippen molar-refractivity contribution in [1.82, 2.24) is 25.0 Å². The van der Waals surface area contributed by atoms with Crippen LogP contribution in [0.2, 0.25) is 0 Å². The van der Waals surface area contributed by atoms with Gasteiger partial charge in [-0.2, -0.15) is 5.10 Å². The maximum atomic E-state index is 12.7. The predicted molar refractivity (Wildman–Crippen MR) is 89.9 cm³/mol. The lowest BCUT2D eigenvalue weighted by Crippen LogP contribution is -2.41. The fraction of sp³-hybridized carbons (Fsp3) is 0.529. The fourth-order valence-corrected chi connectivity index (χ4v) is 3.18. The van der Waals surface area contributed by atoms with Crippen LogP contribution in [-0.2, 0) is 11.3 Å². The molecule has 0 aromatic carbocycles. The van der Waals surface area contributed by atoms with Crippen molar-refractivity contribution >= 4 is 11.8 Å². The molecule has 0 saturated carbocycles. The molecule has 2 amide bonds. The molecule has 25 heavy (non-hydrogen) atoms. The van der Waals surface area contributed by atoms with Crippen molar-refractivity contribution in [1.29, 1.82) is 0 Å². The number of likely N-dealkylation sites (tertiary alicyclic amines) is 1. The van der Waals surface area contributed by atoms with Gasteiger partial charge >= 0.3 is 0 Å². The van der Waals surface area contributed by atoms with Crippen LogP contribution in [0.1, 0.15) is 53.8 Å². The summed E-state index contributed by atoms with van der Waals surface area (Å²) in [6.07, 6.45) is 1.88. The number of aromatic nitrogens is 3. The molecular formula is C17H23N5O3. The third-order valence-corrected chi connectivity index (χ3v) is 4.32. The Labute approximate surface area is 146 Å². The summed E-state index contributed by atoms with van der Waals surface area (Å²) < 4.78 is 7.49. The Morgan fingerprint density at radius 1 is 1.36 bits per heavy atom. The van der Waals surface area contributed by atoms with Gasteiger partial charge in [-0.1, -0.05) is 0 Å². The second-order valence-corrected chi connectivity index (χ2v) is 6.37. The molecule has 8 heteroatoms. The second-order valence-electron chi connectivity index (χ2n) is 6.37. The van der Waals surface area contributed by atoms with Crippen molar-refractivity contribution in [3.8, 4) is 0 Å². The van der Waals surface area contributed by atoms with Gasteiger partial charge in [0.2, 0.25) is 5.91 Å². The Kier molecular flexibility index (Phi) is 4.87. The molecule has 0 radical (unpaired) electrons. The number of hydrogen-bond acceptors (Lipinski definition) is 5. The van der Waals surface area contributed by atoms with E-state index in [0.717, 1.165) is 24.5 Å². The van der Waals surface area contributed by atoms with Gasteiger partial charge in [0.05, 0.1) is 12.6 Å². The largest absolute Gasteiger partial charge is 0.454 e. The minimum absolute atomic E-state index is 0.131. The third kappa shape index (κ3) is 3.89. The number of nitrogens with zero attached hydrogens (tertiary/aromatic N) is 4. The number of amides is 2. The number of carbonyl (C=O) groups is 2. The van der Waals surface area contributed by atoms with Crippen molar-refractivity contribution in [2.75, 3.05) is 13.1 Å². The number of hydrogen-bond donors (Lipinski definition) is 1. The summed E-state index contributed by atoms with van der Waals surface area (Å²) in [5.74, 6) is 2.21. The van der Waals surface area contributed by atoms with Crippen LogP contribution in [0.15, 0.2) is 16.5 Å². The van der Waals surface area contributed by atoms with Crippen LogP contribution in [0.4, 0.5) is 0 Å². The van der Waals surface area contributed by atoms with Crippen LogP contribution in [0.5, 0.6) is 0 Å². The molecule has 1 N–H and O–H groups in total. The molecule has 3 heterocycles. The smallest absolute Gasteiger partial charge is 0.289 e. The summed E-state index contributed by atoms with van der Waals surface area (Å²) in [5.41, 5.74) is 0. The number of nitrogens with one attached hydrogen (secondary N) is 1. The molecule has 3 rings (SSSR count). The first-order chi connectivity index (χ1) is 11.9. The molecule has 2 aromatic rings. The van der Waals surface area contributed by atoms with E-state index in [-0.39, 0.29) is 24.4 Å². The van der Waals surface area contributed by atoms with Crippen molar-refractivity contribution < 1.29 is 14.0 Å². The first kappa shape index (κ1) is 17.2. The van der Waals surface area contributed by atoms with Gasteiger partial charge in [0.25, 0.3) is 5.91 Å². The van der Waals surface area contributed by atoms with Crippen molar-refractivity contribution in [2.45, 2.75) is 46.2 Å². The Hall–Kier alpha value is -2.64. The molecule has 2 aromatic heterocycles. The van der Waals surface area contributed by atoms with E-state index in [0.29, 0.717) is 24.6 Å². The van der Waals surface area contributed by atoms with Gasteiger partial charge in [-0.3, -0.25) is 9.59 Å². The highest BCUT2D eigenvalue weighted by Crippen LogP contribution is 2.24. The molecule has 0 unspecified atom stereocenters. The van der Waals surface area contributed by atoms with Crippen LogP contribution in [0.25, 0.3) is 0 Å². The van der Waals surface area contributed by atoms with E-state index in [2.05, 4.69) is 15.4 Å². The van der Waals surface area contributed by atoms with Gasteiger partial charge in [-0.25, -0.2) is 9.67 Å².